The number of nitrogens with zero attached hydrogens (tertiary/aromatic N) is 3. The molecule has 1 heterocycles. The second-order valence-corrected chi connectivity index (χ2v) is 5.19. The second-order valence-electron chi connectivity index (χ2n) is 4.76. The van der Waals surface area contributed by atoms with Crippen molar-refractivity contribution in [2.24, 2.45) is 0 Å². The molecule has 21 heavy (non-hydrogen) atoms. The summed E-state index contributed by atoms with van der Waals surface area (Å²) in [4.78, 5) is 16.2. The Bertz CT molecular complexity index is 624. The largest absolute Gasteiger partial charge is 0.396 e. The quantitative estimate of drug-likeness (QED) is 0.881. The molecular weight excluding hydrogens is 292 g/mol. The van der Waals surface area contributed by atoms with Crippen molar-refractivity contribution < 1.29 is 9.90 Å². The summed E-state index contributed by atoms with van der Waals surface area (Å²) in [5, 5.41) is 16.4. The predicted octanol–water partition coefficient (Wildman–Crippen LogP) is 1.73. The van der Waals surface area contributed by atoms with Crippen molar-refractivity contribution in [1.29, 1.82) is 0 Å². The summed E-state index contributed by atoms with van der Waals surface area (Å²) in [6.07, 6.45) is 0.489. The molecule has 2 rings (SSSR count). The van der Waals surface area contributed by atoms with Crippen LogP contribution in [0.4, 0.5) is 0 Å². The van der Waals surface area contributed by atoms with E-state index in [-0.39, 0.29) is 24.4 Å². The maximum Gasteiger partial charge on any atom is 0.291 e. The van der Waals surface area contributed by atoms with E-state index in [0.717, 1.165) is 5.69 Å². The van der Waals surface area contributed by atoms with Crippen LogP contribution in [-0.4, -0.2) is 38.4 Å². The second kappa shape index (κ2) is 6.69. The summed E-state index contributed by atoms with van der Waals surface area (Å²) in [5.74, 6) is 0.358. The Balaban J connectivity index is 2.19. The van der Waals surface area contributed by atoms with Gasteiger partial charge in [-0.05, 0) is 44.5 Å². The maximum absolute atomic E-state index is 12.0. The van der Waals surface area contributed by atoms with Crippen LogP contribution in [0.1, 0.15) is 29.8 Å². The molecule has 0 saturated heterocycles. The lowest BCUT2D eigenvalue weighted by Crippen LogP contribution is -2.33. The highest BCUT2D eigenvalue weighted by Crippen LogP contribution is 2.14. The van der Waals surface area contributed by atoms with Gasteiger partial charge in [0.1, 0.15) is 5.82 Å². The molecule has 1 aromatic heterocycles. The molecule has 0 aliphatic rings. The van der Waals surface area contributed by atoms with Gasteiger partial charge in [0.05, 0.1) is 5.69 Å². The van der Waals surface area contributed by atoms with Gasteiger partial charge in [-0.1, -0.05) is 11.6 Å². The summed E-state index contributed by atoms with van der Waals surface area (Å²) < 4.78 is 1.59. The highest BCUT2D eigenvalue weighted by molar-refractivity contribution is 6.30. The van der Waals surface area contributed by atoms with Crippen molar-refractivity contribution in [3.05, 3.63) is 40.9 Å². The molecule has 112 valence electrons. The molecule has 7 heteroatoms. The summed E-state index contributed by atoms with van der Waals surface area (Å²) in [5.41, 5.74) is 0.784. The number of aromatic nitrogens is 3. The van der Waals surface area contributed by atoms with Gasteiger partial charge in [0.15, 0.2) is 0 Å². The number of hydrogen-bond acceptors (Lipinski definition) is 4. The molecule has 2 aromatic rings. The molecule has 0 aliphatic carbocycles. The molecule has 0 radical (unpaired) electrons. The van der Waals surface area contributed by atoms with Gasteiger partial charge < -0.3 is 10.4 Å². The zero-order valence-electron chi connectivity index (χ0n) is 11.9. The Hall–Kier alpha value is -1.92. The van der Waals surface area contributed by atoms with Crippen molar-refractivity contribution in [2.75, 3.05) is 6.61 Å². The van der Waals surface area contributed by atoms with E-state index in [2.05, 4.69) is 15.4 Å². The van der Waals surface area contributed by atoms with E-state index in [1.54, 1.807) is 35.9 Å². The molecule has 0 saturated carbocycles. The van der Waals surface area contributed by atoms with Gasteiger partial charge in [-0.3, -0.25) is 4.79 Å². The Morgan fingerprint density at radius 3 is 2.71 bits per heavy atom. The number of halogens is 1. The van der Waals surface area contributed by atoms with Crippen molar-refractivity contribution in [2.45, 2.75) is 26.3 Å². The third-order valence-electron chi connectivity index (χ3n) is 2.98. The highest BCUT2D eigenvalue weighted by Gasteiger charge is 2.16. The molecule has 1 amide bonds. The first-order valence-electron chi connectivity index (χ1n) is 6.62. The molecule has 0 bridgehead atoms. The summed E-state index contributed by atoms with van der Waals surface area (Å²) in [6.45, 7) is 3.61. The minimum absolute atomic E-state index is 0.0210. The number of aryl methyl sites for hydroxylation is 1. The van der Waals surface area contributed by atoms with Crippen LogP contribution in [0.2, 0.25) is 5.02 Å². The minimum atomic E-state index is -0.355. The lowest BCUT2D eigenvalue weighted by atomic mass is 10.2. The van der Waals surface area contributed by atoms with Gasteiger partial charge in [0, 0.05) is 17.7 Å². The first kappa shape index (κ1) is 15.5. The fourth-order valence-electron chi connectivity index (χ4n) is 1.87. The monoisotopic (exact) mass is 308 g/mol. The number of amides is 1. The first-order valence-corrected chi connectivity index (χ1v) is 7.00. The van der Waals surface area contributed by atoms with Crippen LogP contribution in [0, 0.1) is 6.92 Å². The Morgan fingerprint density at radius 1 is 1.43 bits per heavy atom. The molecule has 0 aliphatic heterocycles. The third kappa shape index (κ3) is 3.80. The maximum atomic E-state index is 12.0. The average molecular weight is 309 g/mol. The number of nitrogens with one attached hydrogen (secondary N) is 1. The first-order chi connectivity index (χ1) is 10.0. The zero-order chi connectivity index (χ0) is 15.4. The zero-order valence-corrected chi connectivity index (χ0v) is 12.6. The molecule has 6 nitrogen and oxygen atoms in total. The summed E-state index contributed by atoms with van der Waals surface area (Å²) >= 11 is 5.85. The Morgan fingerprint density at radius 2 is 2.10 bits per heavy atom. The number of carbonyl (C=O) groups is 1. The number of aliphatic hydroxyl groups is 1. The minimum Gasteiger partial charge on any atom is -0.396 e. The number of benzene rings is 1. The van der Waals surface area contributed by atoms with Gasteiger partial charge in [0.2, 0.25) is 5.82 Å². The van der Waals surface area contributed by atoms with E-state index >= 15 is 0 Å². The smallest absolute Gasteiger partial charge is 0.291 e. The lowest BCUT2D eigenvalue weighted by Gasteiger charge is -2.10. The molecular formula is C14H17ClN4O2. The van der Waals surface area contributed by atoms with E-state index in [1.165, 1.54) is 0 Å². The molecule has 2 N–H and O–H groups in total. The van der Waals surface area contributed by atoms with E-state index in [4.69, 9.17) is 16.7 Å². The normalized spacial score (nSPS) is 12.2. The standard InChI is InChI=1S/C14H17ClN4O2/c1-9(7-8-20)16-14(21)13-17-10(2)19(18-13)12-5-3-11(15)4-6-12/h3-6,9,20H,7-8H2,1-2H3,(H,16,21). The molecule has 0 fully saturated rings. The Labute approximate surface area is 127 Å². The van der Waals surface area contributed by atoms with E-state index in [0.29, 0.717) is 17.3 Å². The van der Waals surface area contributed by atoms with E-state index in [1.807, 2.05) is 6.92 Å². The van der Waals surface area contributed by atoms with Crippen molar-refractivity contribution in [1.82, 2.24) is 20.1 Å². The van der Waals surface area contributed by atoms with Crippen LogP contribution in [-0.2, 0) is 0 Å². The number of hydrogen-bond donors (Lipinski definition) is 2. The van der Waals surface area contributed by atoms with Crippen LogP contribution < -0.4 is 5.32 Å². The topological polar surface area (TPSA) is 80.0 Å². The van der Waals surface area contributed by atoms with E-state index < -0.39 is 0 Å². The Kier molecular flexibility index (Phi) is 4.93. The number of carbonyl (C=O) groups excluding carboxylic acids is 1. The van der Waals surface area contributed by atoms with Crippen LogP contribution in [0.3, 0.4) is 0 Å². The fourth-order valence-corrected chi connectivity index (χ4v) is 1.99. The average Bonchev–Trinajstić information content (AvgIpc) is 2.82. The number of aliphatic hydroxyl groups excluding tert-OH is 1. The molecule has 1 aromatic carbocycles. The highest BCUT2D eigenvalue weighted by atomic mass is 35.5. The van der Waals surface area contributed by atoms with Gasteiger partial charge >= 0.3 is 0 Å². The van der Waals surface area contributed by atoms with Gasteiger partial charge in [-0.2, -0.15) is 0 Å². The lowest BCUT2D eigenvalue weighted by molar-refractivity contribution is 0.0924. The van der Waals surface area contributed by atoms with Gasteiger partial charge in [0.25, 0.3) is 5.91 Å². The molecule has 1 unspecified atom stereocenters. The van der Waals surface area contributed by atoms with E-state index in [9.17, 15) is 4.79 Å². The third-order valence-corrected chi connectivity index (χ3v) is 3.23. The SMILES string of the molecule is Cc1nc(C(=O)NC(C)CCO)nn1-c1ccc(Cl)cc1. The van der Waals surface area contributed by atoms with Gasteiger partial charge in [-0.25, -0.2) is 9.67 Å². The fraction of sp³-hybridized carbons (Fsp3) is 0.357. The summed E-state index contributed by atoms with van der Waals surface area (Å²) in [6, 6.07) is 6.98. The number of rotatable bonds is 5. The molecule has 1 atom stereocenters. The summed E-state index contributed by atoms with van der Waals surface area (Å²) in [7, 11) is 0. The van der Waals surface area contributed by atoms with Crippen molar-refractivity contribution >= 4 is 17.5 Å². The van der Waals surface area contributed by atoms with Crippen LogP contribution >= 0.6 is 11.6 Å². The van der Waals surface area contributed by atoms with Crippen LogP contribution in [0.5, 0.6) is 0 Å². The van der Waals surface area contributed by atoms with Crippen LogP contribution in [0.25, 0.3) is 5.69 Å². The van der Waals surface area contributed by atoms with Crippen LogP contribution in [0.15, 0.2) is 24.3 Å². The van der Waals surface area contributed by atoms with Crippen molar-refractivity contribution in [3.63, 3.8) is 0 Å². The predicted molar refractivity (Wildman–Crippen MR) is 79.7 cm³/mol. The van der Waals surface area contributed by atoms with Crippen molar-refractivity contribution in [3.8, 4) is 5.69 Å². The van der Waals surface area contributed by atoms with Gasteiger partial charge in [-0.15, -0.1) is 5.10 Å². The molecule has 0 spiro atoms.